The Bertz CT molecular complexity index is 444. The van der Waals surface area contributed by atoms with Gasteiger partial charge < -0.3 is 14.8 Å². The van der Waals surface area contributed by atoms with E-state index < -0.39 is 0 Å². The van der Waals surface area contributed by atoms with Gasteiger partial charge in [-0.15, -0.1) is 0 Å². The van der Waals surface area contributed by atoms with Crippen molar-refractivity contribution < 1.29 is 9.47 Å². The number of morpholine rings is 1. The second-order valence-corrected chi connectivity index (χ2v) is 5.37. The van der Waals surface area contributed by atoms with Gasteiger partial charge in [-0.3, -0.25) is 4.90 Å². The highest BCUT2D eigenvalue weighted by Gasteiger charge is 2.31. The maximum atomic E-state index is 5.49. The molecule has 104 valence electrons. The van der Waals surface area contributed by atoms with Crippen LogP contribution in [0.4, 0.5) is 5.69 Å². The average Bonchev–Trinajstić information content (AvgIpc) is 2.46. The van der Waals surface area contributed by atoms with Crippen molar-refractivity contribution in [1.82, 2.24) is 4.90 Å². The molecule has 0 amide bonds. The van der Waals surface area contributed by atoms with Crippen molar-refractivity contribution in [3.8, 4) is 5.75 Å². The summed E-state index contributed by atoms with van der Waals surface area (Å²) in [5.41, 5.74) is 2.53. The highest BCUT2D eigenvalue weighted by atomic mass is 16.5. The zero-order chi connectivity index (χ0) is 13.2. The highest BCUT2D eigenvalue weighted by molar-refractivity contribution is 5.65. The summed E-state index contributed by atoms with van der Waals surface area (Å²) >= 11 is 0. The van der Waals surface area contributed by atoms with Crippen molar-refractivity contribution in [3.63, 3.8) is 0 Å². The maximum absolute atomic E-state index is 5.49. The van der Waals surface area contributed by atoms with Crippen LogP contribution in [0, 0.1) is 0 Å². The smallest absolute Gasteiger partial charge is 0.142 e. The number of anilines is 1. The van der Waals surface area contributed by atoms with Crippen molar-refractivity contribution in [2.45, 2.75) is 25.4 Å². The Labute approximate surface area is 114 Å². The Morgan fingerprint density at radius 1 is 1.32 bits per heavy atom. The molecule has 0 aromatic heterocycles. The SMILES string of the molecule is COc1cccc2c1NC(C)CC2N1CCOCC1. The molecular formula is C15H22N2O2. The summed E-state index contributed by atoms with van der Waals surface area (Å²) in [7, 11) is 1.74. The van der Waals surface area contributed by atoms with Crippen molar-refractivity contribution >= 4 is 5.69 Å². The van der Waals surface area contributed by atoms with E-state index in [0.717, 1.165) is 38.5 Å². The number of methoxy groups -OCH3 is 1. The summed E-state index contributed by atoms with van der Waals surface area (Å²) in [6.45, 7) is 5.97. The van der Waals surface area contributed by atoms with Crippen LogP contribution >= 0.6 is 0 Å². The van der Waals surface area contributed by atoms with E-state index in [-0.39, 0.29) is 0 Å². The second kappa shape index (κ2) is 5.39. The lowest BCUT2D eigenvalue weighted by molar-refractivity contribution is 0.0127. The highest BCUT2D eigenvalue weighted by Crippen LogP contribution is 2.41. The first-order valence-electron chi connectivity index (χ1n) is 7.05. The Morgan fingerprint density at radius 3 is 2.84 bits per heavy atom. The van der Waals surface area contributed by atoms with Crippen LogP contribution in [0.15, 0.2) is 18.2 Å². The molecular weight excluding hydrogens is 240 g/mol. The van der Waals surface area contributed by atoms with E-state index in [4.69, 9.17) is 9.47 Å². The van der Waals surface area contributed by atoms with Gasteiger partial charge in [0.05, 0.1) is 26.0 Å². The lowest BCUT2D eigenvalue weighted by Gasteiger charge is -2.40. The molecule has 1 N–H and O–H groups in total. The molecule has 0 radical (unpaired) electrons. The Hall–Kier alpha value is -1.26. The number of benzene rings is 1. The minimum Gasteiger partial charge on any atom is -0.495 e. The van der Waals surface area contributed by atoms with Crippen molar-refractivity contribution in [3.05, 3.63) is 23.8 Å². The predicted octanol–water partition coefficient (Wildman–Crippen LogP) is 2.27. The van der Waals surface area contributed by atoms with Gasteiger partial charge in [-0.25, -0.2) is 0 Å². The molecule has 0 aliphatic carbocycles. The summed E-state index contributed by atoms with van der Waals surface area (Å²) in [5.74, 6) is 0.947. The zero-order valence-electron chi connectivity index (χ0n) is 11.7. The Balaban J connectivity index is 1.94. The lowest BCUT2D eigenvalue weighted by atomic mass is 9.91. The second-order valence-electron chi connectivity index (χ2n) is 5.37. The van der Waals surface area contributed by atoms with E-state index in [1.165, 1.54) is 11.3 Å². The van der Waals surface area contributed by atoms with Crippen LogP contribution in [0.2, 0.25) is 0 Å². The van der Waals surface area contributed by atoms with Crippen LogP contribution < -0.4 is 10.1 Å². The molecule has 3 rings (SSSR count). The normalized spacial score (nSPS) is 27.5. The van der Waals surface area contributed by atoms with Gasteiger partial charge in [0.2, 0.25) is 0 Å². The van der Waals surface area contributed by atoms with Gasteiger partial charge in [-0.1, -0.05) is 12.1 Å². The molecule has 0 bridgehead atoms. The number of fused-ring (bicyclic) bond motifs is 1. The number of nitrogens with zero attached hydrogens (tertiary/aromatic N) is 1. The molecule has 2 heterocycles. The summed E-state index contributed by atoms with van der Waals surface area (Å²) in [6.07, 6.45) is 1.14. The third kappa shape index (κ3) is 2.42. The van der Waals surface area contributed by atoms with Crippen LogP contribution in [0.1, 0.15) is 24.9 Å². The number of para-hydroxylation sites is 1. The monoisotopic (exact) mass is 262 g/mol. The average molecular weight is 262 g/mol. The number of hydrogen-bond acceptors (Lipinski definition) is 4. The number of hydrogen-bond donors (Lipinski definition) is 1. The first kappa shape index (κ1) is 12.8. The van der Waals surface area contributed by atoms with Gasteiger partial charge in [0.1, 0.15) is 5.75 Å². The number of ether oxygens (including phenoxy) is 2. The van der Waals surface area contributed by atoms with Crippen LogP contribution in [0.25, 0.3) is 0 Å². The Morgan fingerprint density at radius 2 is 2.11 bits per heavy atom. The third-order valence-electron chi connectivity index (χ3n) is 4.09. The van der Waals surface area contributed by atoms with E-state index in [2.05, 4.69) is 29.3 Å². The van der Waals surface area contributed by atoms with Gasteiger partial charge in [-0.05, 0) is 25.0 Å². The van der Waals surface area contributed by atoms with E-state index in [1.54, 1.807) is 7.11 Å². The molecule has 2 unspecified atom stereocenters. The van der Waals surface area contributed by atoms with Gasteiger partial charge in [-0.2, -0.15) is 0 Å². The minimum atomic E-state index is 0.469. The number of rotatable bonds is 2. The predicted molar refractivity (Wildman–Crippen MR) is 75.8 cm³/mol. The van der Waals surface area contributed by atoms with Crippen molar-refractivity contribution in [1.29, 1.82) is 0 Å². The maximum Gasteiger partial charge on any atom is 0.142 e. The van der Waals surface area contributed by atoms with Crippen LogP contribution in [0.3, 0.4) is 0 Å². The Kier molecular flexibility index (Phi) is 3.62. The zero-order valence-corrected chi connectivity index (χ0v) is 11.7. The van der Waals surface area contributed by atoms with E-state index in [0.29, 0.717) is 12.1 Å². The largest absolute Gasteiger partial charge is 0.495 e. The van der Waals surface area contributed by atoms with Gasteiger partial charge in [0, 0.05) is 25.2 Å². The van der Waals surface area contributed by atoms with E-state index in [1.807, 2.05) is 6.07 Å². The molecule has 1 aromatic carbocycles. The topological polar surface area (TPSA) is 33.7 Å². The molecule has 2 aliphatic heterocycles. The summed E-state index contributed by atoms with van der Waals surface area (Å²) in [6, 6.07) is 7.28. The molecule has 2 aliphatic rings. The quantitative estimate of drug-likeness (QED) is 0.886. The van der Waals surface area contributed by atoms with E-state index in [9.17, 15) is 0 Å². The summed E-state index contributed by atoms with van der Waals surface area (Å²) in [5, 5.41) is 3.57. The van der Waals surface area contributed by atoms with Gasteiger partial charge in [0.25, 0.3) is 0 Å². The molecule has 0 spiro atoms. The molecule has 1 saturated heterocycles. The summed E-state index contributed by atoms with van der Waals surface area (Å²) < 4.78 is 11.0. The molecule has 0 saturated carbocycles. The van der Waals surface area contributed by atoms with Crippen LogP contribution in [0.5, 0.6) is 5.75 Å². The van der Waals surface area contributed by atoms with E-state index >= 15 is 0 Å². The third-order valence-corrected chi connectivity index (χ3v) is 4.09. The van der Waals surface area contributed by atoms with Gasteiger partial charge >= 0.3 is 0 Å². The van der Waals surface area contributed by atoms with Crippen LogP contribution in [-0.2, 0) is 4.74 Å². The first-order valence-corrected chi connectivity index (χ1v) is 7.05. The number of nitrogens with one attached hydrogen (secondary N) is 1. The lowest BCUT2D eigenvalue weighted by Crippen LogP contribution is -2.42. The molecule has 4 nitrogen and oxygen atoms in total. The fourth-order valence-corrected chi connectivity index (χ4v) is 3.15. The van der Waals surface area contributed by atoms with Crippen molar-refractivity contribution in [2.24, 2.45) is 0 Å². The fraction of sp³-hybridized carbons (Fsp3) is 0.600. The summed E-state index contributed by atoms with van der Waals surface area (Å²) in [4.78, 5) is 2.54. The van der Waals surface area contributed by atoms with Crippen LogP contribution in [-0.4, -0.2) is 44.4 Å². The standard InChI is InChI=1S/C15H22N2O2/c1-11-10-13(17-6-8-19-9-7-17)12-4-3-5-14(18-2)15(12)16-11/h3-5,11,13,16H,6-10H2,1-2H3. The molecule has 2 atom stereocenters. The molecule has 4 heteroatoms. The van der Waals surface area contributed by atoms with Crippen molar-refractivity contribution in [2.75, 3.05) is 38.7 Å². The first-order chi connectivity index (χ1) is 9.29. The molecule has 1 fully saturated rings. The van der Waals surface area contributed by atoms with Gasteiger partial charge in [0.15, 0.2) is 0 Å². The minimum absolute atomic E-state index is 0.469. The fourth-order valence-electron chi connectivity index (χ4n) is 3.15. The molecule has 1 aromatic rings. The molecule has 19 heavy (non-hydrogen) atoms.